The van der Waals surface area contributed by atoms with Crippen LogP contribution in [0, 0.1) is 13.8 Å². The summed E-state index contributed by atoms with van der Waals surface area (Å²) in [6, 6.07) is 6.53. The van der Waals surface area contributed by atoms with Crippen molar-refractivity contribution in [1.29, 1.82) is 0 Å². The molecule has 146 valence electrons. The number of aryl methyl sites for hydroxylation is 1. The highest BCUT2D eigenvalue weighted by atomic mass is 35.5. The highest BCUT2D eigenvalue weighted by Crippen LogP contribution is 2.24. The molecule has 0 aliphatic heterocycles. The normalized spacial score (nSPS) is 11.9. The molecule has 0 fully saturated rings. The summed E-state index contributed by atoms with van der Waals surface area (Å²) in [6.07, 6.45) is 0. The first-order chi connectivity index (χ1) is 12.8. The van der Waals surface area contributed by atoms with Gasteiger partial charge in [0.25, 0.3) is 0 Å². The molecule has 0 N–H and O–H groups in total. The molecule has 1 aromatic heterocycles. The SMILES string of the molecule is COC[C@@H](C)n1c(C)cc(C(=O)COC(=O)c2cc(Cl)ccc2OC)c1C. The van der Waals surface area contributed by atoms with Gasteiger partial charge < -0.3 is 18.8 Å². The van der Waals surface area contributed by atoms with Gasteiger partial charge in [0.2, 0.25) is 5.78 Å². The second-order valence-corrected chi connectivity index (χ2v) is 6.74. The number of benzene rings is 1. The van der Waals surface area contributed by atoms with Crippen molar-refractivity contribution in [2.45, 2.75) is 26.8 Å². The van der Waals surface area contributed by atoms with Crippen LogP contribution in [-0.2, 0) is 9.47 Å². The van der Waals surface area contributed by atoms with Crippen molar-refractivity contribution in [2.24, 2.45) is 0 Å². The maximum Gasteiger partial charge on any atom is 0.342 e. The van der Waals surface area contributed by atoms with Gasteiger partial charge in [0.15, 0.2) is 6.61 Å². The average Bonchev–Trinajstić information content (AvgIpc) is 2.94. The molecule has 0 radical (unpaired) electrons. The first kappa shape index (κ1) is 21.0. The number of halogens is 1. The highest BCUT2D eigenvalue weighted by molar-refractivity contribution is 6.31. The van der Waals surface area contributed by atoms with Crippen molar-refractivity contribution in [3.63, 3.8) is 0 Å². The van der Waals surface area contributed by atoms with E-state index in [0.29, 0.717) is 22.9 Å². The van der Waals surface area contributed by atoms with Crippen LogP contribution in [0.3, 0.4) is 0 Å². The summed E-state index contributed by atoms with van der Waals surface area (Å²) < 4.78 is 17.6. The zero-order valence-electron chi connectivity index (χ0n) is 16.2. The molecular weight excluding hydrogens is 370 g/mol. The molecule has 6 nitrogen and oxygen atoms in total. The van der Waals surface area contributed by atoms with E-state index in [1.54, 1.807) is 25.3 Å². The van der Waals surface area contributed by atoms with Gasteiger partial charge in [-0.15, -0.1) is 0 Å². The summed E-state index contributed by atoms with van der Waals surface area (Å²) in [5, 5.41) is 0.379. The minimum atomic E-state index is -0.663. The van der Waals surface area contributed by atoms with Crippen LogP contribution in [0.4, 0.5) is 0 Å². The Hall–Kier alpha value is -2.31. The molecular formula is C20H24ClNO5. The van der Waals surface area contributed by atoms with Gasteiger partial charge in [-0.3, -0.25) is 4.79 Å². The Morgan fingerprint density at radius 3 is 2.48 bits per heavy atom. The summed E-state index contributed by atoms with van der Waals surface area (Å²) in [5.41, 5.74) is 2.47. The first-order valence-corrected chi connectivity index (χ1v) is 8.89. The van der Waals surface area contributed by atoms with Gasteiger partial charge in [0.05, 0.1) is 19.8 Å². The lowest BCUT2D eigenvalue weighted by Gasteiger charge is -2.17. The minimum Gasteiger partial charge on any atom is -0.496 e. The number of rotatable bonds is 8. The predicted molar refractivity (Wildman–Crippen MR) is 103 cm³/mol. The van der Waals surface area contributed by atoms with Crippen LogP contribution in [0.2, 0.25) is 5.02 Å². The second-order valence-electron chi connectivity index (χ2n) is 6.30. The number of nitrogens with zero attached hydrogens (tertiary/aromatic N) is 1. The molecule has 1 heterocycles. The van der Waals surface area contributed by atoms with Crippen LogP contribution in [0.25, 0.3) is 0 Å². The van der Waals surface area contributed by atoms with E-state index in [9.17, 15) is 9.59 Å². The predicted octanol–water partition coefficient (Wildman–Crippen LogP) is 4.01. The highest BCUT2D eigenvalue weighted by Gasteiger charge is 2.21. The van der Waals surface area contributed by atoms with Crippen molar-refractivity contribution in [3.8, 4) is 5.75 Å². The first-order valence-electron chi connectivity index (χ1n) is 8.51. The van der Waals surface area contributed by atoms with E-state index in [1.165, 1.54) is 13.2 Å². The number of carbonyl (C=O) groups excluding carboxylic acids is 2. The Bertz CT molecular complexity index is 843. The average molecular weight is 394 g/mol. The van der Waals surface area contributed by atoms with Gasteiger partial charge in [0.1, 0.15) is 11.3 Å². The lowest BCUT2D eigenvalue weighted by Crippen LogP contribution is -2.17. The van der Waals surface area contributed by atoms with E-state index in [4.69, 9.17) is 25.8 Å². The summed E-state index contributed by atoms with van der Waals surface area (Å²) in [5.74, 6) is -0.596. The molecule has 1 atom stereocenters. The molecule has 0 spiro atoms. The fourth-order valence-electron chi connectivity index (χ4n) is 3.18. The molecule has 27 heavy (non-hydrogen) atoms. The fourth-order valence-corrected chi connectivity index (χ4v) is 3.35. The molecule has 7 heteroatoms. The molecule has 0 unspecified atom stereocenters. The van der Waals surface area contributed by atoms with Crippen molar-refractivity contribution in [2.75, 3.05) is 27.4 Å². The number of ketones is 1. The zero-order valence-corrected chi connectivity index (χ0v) is 16.9. The van der Waals surface area contributed by atoms with Crippen LogP contribution in [0.5, 0.6) is 5.75 Å². The van der Waals surface area contributed by atoms with Crippen LogP contribution in [-0.4, -0.2) is 43.8 Å². The molecule has 0 saturated heterocycles. The fraction of sp³-hybridized carbons (Fsp3) is 0.400. The molecule has 0 aliphatic rings. The third-order valence-electron chi connectivity index (χ3n) is 4.35. The summed E-state index contributed by atoms with van der Waals surface area (Å²) in [4.78, 5) is 24.9. The number of esters is 1. The van der Waals surface area contributed by atoms with Gasteiger partial charge in [-0.25, -0.2) is 4.79 Å². The summed E-state index contributed by atoms with van der Waals surface area (Å²) in [7, 11) is 3.08. The van der Waals surface area contributed by atoms with Crippen LogP contribution in [0.15, 0.2) is 24.3 Å². The quantitative estimate of drug-likeness (QED) is 0.500. The molecule has 2 aromatic rings. The maximum absolute atomic E-state index is 12.6. The number of ether oxygens (including phenoxy) is 3. The van der Waals surface area contributed by atoms with Crippen LogP contribution in [0.1, 0.15) is 45.1 Å². The number of hydrogen-bond acceptors (Lipinski definition) is 5. The second kappa shape index (κ2) is 9.06. The van der Waals surface area contributed by atoms with Crippen molar-refractivity contribution in [3.05, 3.63) is 51.8 Å². The summed E-state index contributed by atoms with van der Waals surface area (Å²) >= 11 is 5.93. The van der Waals surface area contributed by atoms with Crippen LogP contribution >= 0.6 is 11.6 Å². The number of carbonyl (C=O) groups is 2. The van der Waals surface area contributed by atoms with E-state index in [-0.39, 0.29) is 24.0 Å². The Balaban J connectivity index is 2.14. The van der Waals surface area contributed by atoms with Crippen LogP contribution < -0.4 is 4.74 Å². The van der Waals surface area contributed by atoms with Gasteiger partial charge in [-0.2, -0.15) is 0 Å². The summed E-state index contributed by atoms with van der Waals surface area (Å²) in [6.45, 7) is 5.99. The lowest BCUT2D eigenvalue weighted by molar-refractivity contribution is 0.0471. The standard InChI is InChI=1S/C20H24ClNO5/c1-12-8-16(14(3)22(12)13(2)10-25-4)18(23)11-27-20(24)17-9-15(21)6-7-19(17)26-5/h6-9,13H,10-11H2,1-5H3/t13-/m1/s1. The monoisotopic (exact) mass is 393 g/mol. The molecule has 0 bridgehead atoms. The van der Waals surface area contributed by atoms with E-state index < -0.39 is 5.97 Å². The molecule has 1 aromatic carbocycles. The van der Waals surface area contributed by atoms with Crippen molar-refractivity contribution in [1.82, 2.24) is 4.57 Å². The van der Waals surface area contributed by atoms with Crippen molar-refractivity contribution >= 4 is 23.4 Å². The number of hydrogen-bond donors (Lipinski definition) is 0. The third kappa shape index (κ3) is 4.70. The molecule has 0 amide bonds. The van der Waals surface area contributed by atoms with E-state index in [1.807, 2.05) is 25.3 Å². The third-order valence-corrected chi connectivity index (χ3v) is 4.58. The number of Topliss-reactive ketones (excluding diaryl/α,β-unsaturated/α-hetero) is 1. The maximum atomic E-state index is 12.6. The minimum absolute atomic E-state index is 0.0924. The van der Waals surface area contributed by atoms with Gasteiger partial charge in [-0.05, 0) is 45.0 Å². The van der Waals surface area contributed by atoms with Crippen molar-refractivity contribution < 1.29 is 23.8 Å². The van der Waals surface area contributed by atoms with Gasteiger partial charge in [0, 0.05) is 29.1 Å². The number of methoxy groups -OCH3 is 2. The smallest absolute Gasteiger partial charge is 0.342 e. The Morgan fingerprint density at radius 2 is 1.85 bits per heavy atom. The van der Waals surface area contributed by atoms with E-state index in [0.717, 1.165) is 11.4 Å². The zero-order chi connectivity index (χ0) is 20.1. The lowest BCUT2D eigenvalue weighted by atomic mass is 10.1. The van der Waals surface area contributed by atoms with E-state index >= 15 is 0 Å². The van der Waals surface area contributed by atoms with Gasteiger partial charge >= 0.3 is 5.97 Å². The Labute approximate surface area is 164 Å². The Morgan fingerprint density at radius 1 is 1.15 bits per heavy atom. The van der Waals surface area contributed by atoms with E-state index in [2.05, 4.69) is 0 Å². The molecule has 0 saturated carbocycles. The Kier molecular flexibility index (Phi) is 7.05. The topological polar surface area (TPSA) is 66.8 Å². The molecule has 2 rings (SSSR count). The largest absolute Gasteiger partial charge is 0.496 e. The van der Waals surface area contributed by atoms with Gasteiger partial charge in [-0.1, -0.05) is 11.6 Å². The number of aromatic nitrogens is 1. The molecule has 0 aliphatic carbocycles.